The highest BCUT2D eigenvalue weighted by molar-refractivity contribution is 5.32. The molecule has 1 aliphatic rings. The molecule has 0 spiro atoms. The van der Waals surface area contributed by atoms with E-state index in [0.29, 0.717) is 0 Å². The van der Waals surface area contributed by atoms with Crippen molar-refractivity contribution in [2.24, 2.45) is 0 Å². The second-order valence-electron chi connectivity index (χ2n) is 7.00. The number of benzene rings is 1. The number of likely N-dealkylation sites (N-methyl/N-ethyl adjacent to an activating group) is 2. The van der Waals surface area contributed by atoms with Crippen LogP contribution < -0.4 is 5.32 Å². The van der Waals surface area contributed by atoms with Crippen LogP contribution in [-0.2, 0) is 11.0 Å². The molecule has 0 bridgehead atoms. The molecule has 0 aliphatic carbocycles. The quantitative estimate of drug-likeness (QED) is 0.879. The first kappa shape index (κ1) is 14.5. The van der Waals surface area contributed by atoms with Crippen LogP contribution >= 0.6 is 0 Å². The zero-order valence-electron chi connectivity index (χ0n) is 13.1. The van der Waals surface area contributed by atoms with Gasteiger partial charge in [-0.25, -0.2) is 0 Å². The standard InChI is InChI=1S/C17H28N2/c1-16(2,3)14-7-9-15(10-8-14)17(18-4)11-6-12-19(5)13-17/h7-10,18H,6,11-13H2,1-5H3. The Balaban J connectivity index is 2.29. The highest BCUT2D eigenvalue weighted by Gasteiger charge is 2.34. The molecule has 1 fully saturated rings. The lowest BCUT2D eigenvalue weighted by Gasteiger charge is -2.42. The van der Waals surface area contributed by atoms with Crippen LogP contribution in [0.15, 0.2) is 24.3 Å². The predicted molar refractivity (Wildman–Crippen MR) is 82.6 cm³/mol. The van der Waals surface area contributed by atoms with Crippen LogP contribution in [0.4, 0.5) is 0 Å². The average molecular weight is 260 g/mol. The fourth-order valence-corrected chi connectivity index (χ4v) is 3.14. The fourth-order valence-electron chi connectivity index (χ4n) is 3.14. The van der Waals surface area contributed by atoms with Crippen LogP contribution in [0.1, 0.15) is 44.7 Å². The van der Waals surface area contributed by atoms with Crippen LogP contribution in [0, 0.1) is 0 Å². The molecule has 1 unspecified atom stereocenters. The van der Waals surface area contributed by atoms with Crippen molar-refractivity contribution in [3.8, 4) is 0 Å². The molecule has 106 valence electrons. The van der Waals surface area contributed by atoms with E-state index in [0.717, 1.165) is 6.54 Å². The summed E-state index contributed by atoms with van der Waals surface area (Å²) in [6.45, 7) is 9.11. The first-order valence-corrected chi connectivity index (χ1v) is 7.36. The maximum absolute atomic E-state index is 3.58. The zero-order chi connectivity index (χ0) is 14.1. The maximum atomic E-state index is 3.58. The molecule has 1 atom stereocenters. The highest BCUT2D eigenvalue weighted by Crippen LogP contribution is 2.32. The van der Waals surface area contributed by atoms with Gasteiger partial charge in [-0.1, -0.05) is 45.0 Å². The Morgan fingerprint density at radius 3 is 2.26 bits per heavy atom. The largest absolute Gasteiger partial charge is 0.309 e. The molecule has 1 saturated heterocycles. The van der Waals surface area contributed by atoms with Gasteiger partial charge in [0.1, 0.15) is 0 Å². The monoisotopic (exact) mass is 260 g/mol. The van der Waals surface area contributed by atoms with E-state index in [1.54, 1.807) is 0 Å². The second kappa shape index (κ2) is 5.26. The molecule has 2 heteroatoms. The summed E-state index contributed by atoms with van der Waals surface area (Å²) in [5.74, 6) is 0. The lowest BCUT2D eigenvalue weighted by molar-refractivity contribution is 0.152. The van der Waals surface area contributed by atoms with Gasteiger partial charge in [-0.05, 0) is 50.0 Å². The SMILES string of the molecule is CNC1(c2ccc(C(C)(C)C)cc2)CCCN(C)C1. The Morgan fingerprint density at radius 1 is 1.16 bits per heavy atom. The lowest BCUT2D eigenvalue weighted by atomic mass is 9.80. The normalized spacial score (nSPS) is 25.5. The van der Waals surface area contributed by atoms with E-state index in [2.05, 4.69) is 69.3 Å². The van der Waals surface area contributed by atoms with Gasteiger partial charge in [-0.3, -0.25) is 0 Å². The van der Waals surface area contributed by atoms with E-state index in [-0.39, 0.29) is 11.0 Å². The number of nitrogens with zero attached hydrogens (tertiary/aromatic N) is 1. The van der Waals surface area contributed by atoms with Gasteiger partial charge < -0.3 is 10.2 Å². The predicted octanol–water partition coefficient (Wildman–Crippen LogP) is 3.12. The number of hydrogen-bond acceptors (Lipinski definition) is 2. The minimum atomic E-state index is 0.128. The van der Waals surface area contributed by atoms with E-state index in [1.165, 1.54) is 30.5 Å². The van der Waals surface area contributed by atoms with Crippen molar-refractivity contribution < 1.29 is 0 Å². The summed E-state index contributed by atoms with van der Waals surface area (Å²) in [7, 11) is 4.31. The third-order valence-corrected chi connectivity index (χ3v) is 4.47. The summed E-state index contributed by atoms with van der Waals surface area (Å²) in [6.07, 6.45) is 2.49. The Labute approximate surface area is 118 Å². The topological polar surface area (TPSA) is 15.3 Å². The van der Waals surface area contributed by atoms with Crippen LogP contribution in [0.5, 0.6) is 0 Å². The molecule has 2 nitrogen and oxygen atoms in total. The van der Waals surface area contributed by atoms with Crippen molar-refractivity contribution in [3.05, 3.63) is 35.4 Å². The Kier molecular flexibility index (Phi) is 4.03. The smallest absolute Gasteiger partial charge is 0.0561 e. The Bertz CT molecular complexity index is 416. The van der Waals surface area contributed by atoms with Gasteiger partial charge in [0.25, 0.3) is 0 Å². The number of piperidine rings is 1. The van der Waals surface area contributed by atoms with Gasteiger partial charge in [-0.15, -0.1) is 0 Å². The molecule has 1 heterocycles. The fraction of sp³-hybridized carbons (Fsp3) is 0.647. The van der Waals surface area contributed by atoms with Crippen molar-refractivity contribution in [2.75, 3.05) is 27.2 Å². The average Bonchev–Trinajstić information content (AvgIpc) is 2.38. The molecular weight excluding hydrogens is 232 g/mol. The maximum Gasteiger partial charge on any atom is 0.0561 e. The van der Waals surface area contributed by atoms with E-state index in [9.17, 15) is 0 Å². The molecule has 0 saturated carbocycles. The molecule has 19 heavy (non-hydrogen) atoms. The van der Waals surface area contributed by atoms with Crippen LogP contribution in [0.3, 0.4) is 0 Å². The van der Waals surface area contributed by atoms with Gasteiger partial charge >= 0.3 is 0 Å². The van der Waals surface area contributed by atoms with Crippen molar-refractivity contribution in [1.29, 1.82) is 0 Å². The minimum absolute atomic E-state index is 0.128. The number of likely N-dealkylation sites (tertiary alicyclic amines) is 1. The van der Waals surface area contributed by atoms with E-state index >= 15 is 0 Å². The summed E-state index contributed by atoms with van der Waals surface area (Å²) in [5.41, 5.74) is 3.19. The van der Waals surface area contributed by atoms with Gasteiger partial charge in [0.15, 0.2) is 0 Å². The van der Waals surface area contributed by atoms with E-state index < -0.39 is 0 Å². The Morgan fingerprint density at radius 2 is 1.79 bits per heavy atom. The molecular formula is C17H28N2. The number of hydrogen-bond donors (Lipinski definition) is 1. The lowest BCUT2D eigenvalue weighted by Crippen LogP contribution is -2.52. The third kappa shape index (κ3) is 3.01. The molecule has 1 aliphatic heterocycles. The van der Waals surface area contributed by atoms with Crippen molar-refractivity contribution in [2.45, 2.75) is 44.6 Å². The van der Waals surface area contributed by atoms with Gasteiger partial charge in [0.05, 0.1) is 5.54 Å². The first-order chi connectivity index (χ1) is 8.87. The molecule has 1 N–H and O–H groups in total. The summed E-state index contributed by atoms with van der Waals surface area (Å²) < 4.78 is 0. The minimum Gasteiger partial charge on any atom is -0.309 e. The molecule has 1 aromatic carbocycles. The molecule has 0 amide bonds. The molecule has 0 aromatic heterocycles. The summed E-state index contributed by atoms with van der Waals surface area (Å²) in [6, 6.07) is 9.22. The summed E-state index contributed by atoms with van der Waals surface area (Å²) in [5, 5.41) is 3.58. The van der Waals surface area contributed by atoms with Crippen molar-refractivity contribution in [3.63, 3.8) is 0 Å². The highest BCUT2D eigenvalue weighted by atomic mass is 15.2. The molecule has 0 radical (unpaired) electrons. The molecule has 1 aromatic rings. The first-order valence-electron chi connectivity index (χ1n) is 7.36. The van der Waals surface area contributed by atoms with E-state index in [4.69, 9.17) is 0 Å². The Hall–Kier alpha value is -0.860. The van der Waals surface area contributed by atoms with Crippen LogP contribution in [0.2, 0.25) is 0 Å². The summed E-state index contributed by atoms with van der Waals surface area (Å²) >= 11 is 0. The zero-order valence-corrected chi connectivity index (χ0v) is 13.1. The van der Waals surface area contributed by atoms with Crippen LogP contribution in [-0.4, -0.2) is 32.1 Å². The van der Waals surface area contributed by atoms with Gasteiger partial charge in [-0.2, -0.15) is 0 Å². The number of rotatable bonds is 2. The van der Waals surface area contributed by atoms with Crippen molar-refractivity contribution in [1.82, 2.24) is 10.2 Å². The van der Waals surface area contributed by atoms with Crippen molar-refractivity contribution >= 4 is 0 Å². The third-order valence-electron chi connectivity index (χ3n) is 4.47. The van der Waals surface area contributed by atoms with Gasteiger partial charge in [0, 0.05) is 6.54 Å². The van der Waals surface area contributed by atoms with Crippen LogP contribution in [0.25, 0.3) is 0 Å². The molecule has 2 rings (SSSR count). The van der Waals surface area contributed by atoms with Gasteiger partial charge in [0.2, 0.25) is 0 Å². The van der Waals surface area contributed by atoms with E-state index in [1.807, 2.05) is 0 Å². The summed E-state index contributed by atoms with van der Waals surface area (Å²) in [4.78, 5) is 2.43. The second-order valence-corrected chi connectivity index (χ2v) is 7.00. The number of nitrogens with one attached hydrogen (secondary N) is 1.